The quantitative estimate of drug-likeness (QED) is 0.227. The van der Waals surface area contributed by atoms with Crippen LogP contribution in [0.4, 0.5) is 5.69 Å². The number of nitrogens with zero attached hydrogens (tertiary/aromatic N) is 2. The molecule has 0 aliphatic carbocycles. The van der Waals surface area contributed by atoms with Gasteiger partial charge in [0.25, 0.3) is 5.01 Å². The van der Waals surface area contributed by atoms with Crippen molar-refractivity contribution in [2.75, 3.05) is 19.0 Å². The van der Waals surface area contributed by atoms with E-state index < -0.39 is 0 Å². The van der Waals surface area contributed by atoms with Gasteiger partial charge < -0.3 is 4.90 Å². The molecule has 0 aliphatic rings. The number of hydrogen-bond donors (Lipinski definition) is 0. The molecule has 5 aromatic rings. The normalized spacial score (nSPS) is 11.6. The van der Waals surface area contributed by atoms with Gasteiger partial charge in [0.1, 0.15) is 11.2 Å². The first-order valence-corrected chi connectivity index (χ1v) is 13.1. The van der Waals surface area contributed by atoms with Crippen molar-refractivity contribution in [3.05, 3.63) is 82.7 Å². The topological polar surface area (TPSA) is 7.12 Å². The standard InChI is InChI=1S/C27H25N2S3/c1-4-29-22-7-5-6-8-24(22)32-27(29)18-14-21-13-15-25(30-21)26-17-16-23(31-26)19-9-11-20(12-10-19)28(2)3/h5-18H,4H2,1-3H3/q+1. The molecule has 0 bridgehead atoms. The Hall–Kier alpha value is -2.73. The molecule has 0 fully saturated rings. The van der Waals surface area contributed by atoms with Gasteiger partial charge >= 0.3 is 0 Å². The molecule has 0 saturated carbocycles. The second-order valence-electron chi connectivity index (χ2n) is 7.79. The van der Waals surface area contributed by atoms with Gasteiger partial charge in [0, 0.05) is 51.4 Å². The highest BCUT2D eigenvalue weighted by Crippen LogP contribution is 2.38. The molecule has 5 heteroatoms. The van der Waals surface area contributed by atoms with Gasteiger partial charge in [-0.05, 0) is 61.0 Å². The lowest BCUT2D eigenvalue weighted by Gasteiger charge is -2.12. The lowest BCUT2D eigenvalue weighted by Crippen LogP contribution is -2.33. The van der Waals surface area contributed by atoms with Gasteiger partial charge in [0.05, 0.1) is 0 Å². The maximum absolute atomic E-state index is 2.39. The summed E-state index contributed by atoms with van der Waals surface area (Å²) in [4.78, 5) is 7.37. The van der Waals surface area contributed by atoms with E-state index in [1.165, 1.54) is 46.0 Å². The highest BCUT2D eigenvalue weighted by molar-refractivity contribution is 7.24. The molecule has 3 heterocycles. The molecule has 0 radical (unpaired) electrons. The molecule has 32 heavy (non-hydrogen) atoms. The Morgan fingerprint density at radius 2 is 1.47 bits per heavy atom. The zero-order chi connectivity index (χ0) is 22.1. The lowest BCUT2D eigenvalue weighted by atomic mass is 10.1. The number of hydrogen-bond acceptors (Lipinski definition) is 4. The number of rotatable bonds is 6. The monoisotopic (exact) mass is 473 g/mol. The fourth-order valence-corrected chi connectivity index (χ4v) is 6.92. The predicted octanol–water partition coefficient (Wildman–Crippen LogP) is 7.90. The van der Waals surface area contributed by atoms with Crippen LogP contribution >= 0.6 is 34.0 Å². The summed E-state index contributed by atoms with van der Waals surface area (Å²) in [6, 6.07) is 26.4. The van der Waals surface area contributed by atoms with Crippen LogP contribution in [-0.4, -0.2) is 14.1 Å². The molecule has 0 amide bonds. The van der Waals surface area contributed by atoms with Gasteiger partial charge in [0.15, 0.2) is 0 Å². The smallest absolute Gasteiger partial charge is 0.262 e. The first kappa shape index (κ1) is 21.1. The Kier molecular flexibility index (Phi) is 5.96. The van der Waals surface area contributed by atoms with Crippen LogP contribution < -0.4 is 9.47 Å². The predicted molar refractivity (Wildman–Crippen MR) is 144 cm³/mol. The van der Waals surface area contributed by atoms with Gasteiger partial charge in [-0.2, -0.15) is 4.57 Å². The van der Waals surface area contributed by atoms with Crippen molar-refractivity contribution in [3.63, 3.8) is 0 Å². The third-order valence-corrected chi connectivity index (χ3v) is 9.00. The van der Waals surface area contributed by atoms with E-state index in [4.69, 9.17) is 0 Å². The molecule has 0 aliphatic heterocycles. The van der Waals surface area contributed by atoms with E-state index in [1.807, 2.05) is 34.0 Å². The Bertz CT molecular complexity index is 1380. The zero-order valence-corrected chi connectivity index (χ0v) is 20.9. The number of para-hydroxylation sites is 1. The minimum atomic E-state index is 0.979. The van der Waals surface area contributed by atoms with Crippen LogP contribution in [0, 0.1) is 0 Å². The molecular formula is C27H25N2S3+. The van der Waals surface area contributed by atoms with Crippen LogP contribution in [0.5, 0.6) is 0 Å². The Balaban J connectivity index is 1.37. The summed E-state index contributed by atoms with van der Waals surface area (Å²) >= 11 is 5.57. The summed E-state index contributed by atoms with van der Waals surface area (Å²) in [7, 11) is 4.15. The van der Waals surface area contributed by atoms with E-state index in [0.717, 1.165) is 6.54 Å². The second-order valence-corrected chi connectivity index (χ2v) is 11.1. The Labute approximate surface area is 201 Å². The summed E-state index contributed by atoms with van der Waals surface area (Å²) in [5, 5.41) is 1.29. The minimum Gasteiger partial charge on any atom is -0.378 e. The third kappa shape index (κ3) is 4.16. The summed E-state index contributed by atoms with van der Waals surface area (Å²) in [5.74, 6) is 0. The number of anilines is 1. The number of fused-ring (bicyclic) bond motifs is 1. The third-order valence-electron chi connectivity index (χ3n) is 5.49. The molecule has 3 aromatic heterocycles. The van der Waals surface area contributed by atoms with Crippen LogP contribution in [0.2, 0.25) is 0 Å². The lowest BCUT2D eigenvalue weighted by molar-refractivity contribution is -0.665. The van der Waals surface area contributed by atoms with Crippen molar-refractivity contribution in [2.45, 2.75) is 13.5 Å². The van der Waals surface area contributed by atoms with Crippen LogP contribution in [0.15, 0.2) is 72.8 Å². The van der Waals surface area contributed by atoms with Gasteiger partial charge in [-0.15, -0.1) is 22.7 Å². The van der Waals surface area contributed by atoms with Crippen molar-refractivity contribution < 1.29 is 4.57 Å². The Morgan fingerprint density at radius 3 is 2.25 bits per heavy atom. The van der Waals surface area contributed by atoms with Crippen molar-refractivity contribution in [2.24, 2.45) is 0 Å². The number of aryl methyl sites for hydroxylation is 1. The molecular weight excluding hydrogens is 449 g/mol. The first-order chi connectivity index (χ1) is 15.6. The van der Waals surface area contributed by atoms with E-state index in [2.05, 4.69) is 115 Å². The van der Waals surface area contributed by atoms with E-state index in [1.54, 1.807) is 0 Å². The summed E-state index contributed by atoms with van der Waals surface area (Å²) in [6.07, 6.45) is 4.51. The molecule has 0 N–H and O–H groups in total. The highest BCUT2D eigenvalue weighted by Gasteiger charge is 2.16. The highest BCUT2D eigenvalue weighted by atomic mass is 32.1. The number of thiazole rings is 1. The van der Waals surface area contributed by atoms with E-state index in [0.29, 0.717) is 0 Å². The summed E-state index contributed by atoms with van der Waals surface area (Å²) in [6.45, 7) is 3.19. The van der Waals surface area contributed by atoms with Crippen LogP contribution in [0.1, 0.15) is 16.8 Å². The van der Waals surface area contributed by atoms with Crippen LogP contribution in [0.3, 0.4) is 0 Å². The van der Waals surface area contributed by atoms with Gasteiger partial charge in [0.2, 0.25) is 5.52 Å². The van der Waals surface area contributed by atoms with Crippen molar-refractivity contribution in [1.82, 2.24) is 0 Å². The number of thiophene rings is 2. The van der Waals surface area contributed by atoms with Crippen LogP contribution in [-0.2, 0) is 6.54 Å². The van der Waals surface area contributed by atoms with Crippen LogP contribution in [0.25, 0.3) is 42.6 Å². The number of benzene rings is 2. The average molecular weight is 474 g/mol. The first-order valence-electron chi connectivity index (χ1n) is 10.7. The molecule has 0 atom stereocenters. The molecule has 5 rings (SSSR count). The number of aromatic nitrogens is 1. The Morgan fingerprint density at radius 1 is 0.750 bits per heavy atom. The van der Waals surface area contributed by atoms with Crippen molar-refractivity contribution in [3.8, 4) is 20.2 Å². The fraction of sp³-hybridized carbons (Fsp3) is 0.148. The minimum absolute atomic E-state index is 0.979. The maximum Gasteiger partial charge on any atom is 0.262 e. The van der Waals surface area contributed by atoms with Crippen molar-refractivity contribution >= 4 is 62.1 Å². The average Bonchev–Trinajstić information content (AvgIpc) is 3.55. The van der Waals surface area contributed by atoms with Gasteiger partial charge in [-0.1, -0.05) is 35.6 Å². The molecule has 0 spiro atoms. The molecule has 0 saturated heterocycles. The zero-order valence-electron chi connectivity index (χ0n) is 18.4. The summed E-state index contributed by atoms with van der Waals surface area (Å²) < 4.78 is 3.73. The van der Waals surface area contributed by atoms with E-state index >= 15 is 0 Å². The maximum atomic E-state index is 2.39. The van der Waals surface area contributed by atoms with Gasteiger partial charge in [-0.3, -0.25) is 0 Å². The van der Waals surface area contributed by atoms with Crippen molar-refractivity contribution in [1.29, 1.82) is 0 Å². The van der Waals surface area contributed by atoms with E-state index in [-0.39, 0.29) is 0 Å². The summed E-state index contributed by atoms with van der Waals surface area (Å²) in [5.41, 5.74) is 3.82. The molecule has 0 unspecified atom stereocenters. The van der Waals surface area contributed by atoms with E-state index in [9.17, 15) is 0 Å². The largest absolute Gasteiger partial charge is 0.378 e. The molecule has 2 aromatic carbocycles. The molecule has 160 valence electrons. The molecule has 2 nitrogen and oxygen atoms in total. The SMILES string of the molecule is CC[n+]1c(/C=C/c2ccc(-c3ccc(-c4ccc(N(C)C)cc4)s3)s2)sc2ccccc21. The van der Waals surface area contributed by atoms with Gasteiger partial charge in [-0.25, -0.2) is 0 Å². The fourth-order valence-electron chi connectivity index (χ4n) is 3.78. The second kappa shape index (κ2) is 9.02.